The highest BCUT2D eigenvalue weighted by molar-refractivity contribution is 7.18. The van der Waals surface area contributed by atoms with Crippen molar-refractivity contribution in [1.29, 1.82) is 0 Å². The van der Waals surface area contributed by atoms with Gasteiger partial charge in [-0.05, 0) is 38.1 Å². The van der Waals surface area contributed by atoms with Gasteiger partial charge in [-0.15, -0.1) is 11.3 Å². The zero-order valence-electron chi connectivity index (χ0n) is 13.5. The van der Waals surface area contributed by atoms with E-state index in [4.69, 9.17) is 9.72 Å². The number of nitrogens with zero attached hydrogens (tertiary/aromatic N) is 2. The maximum Gasteiger partial charge on any atom is 0.234 e. The van der Waals surface area contributed by atoms with E-state index in [-0.39, 0.29) is 5.91 Å². The van der Waals surface area contributed by atoms with Gasteiger partial charge < -0.3 is 10.1 Å². The molecule has 2 heterocycles. The first-order valence-electron chi connectivity index (χ1n) is 8.09. The SMILES string of the molecule is COCCNC(=O)CN1CCC(c2nc3ccccc3s2)CC1. The first-order valence-corrected chi connectivity index (χ1v) is 8.91. The molecule has 1 aliphatic rings. The molecule has 1 N–H and O–H groups in total. The van der Waals surface area contributed by atoms with Crippen molar-refractivity contribution in [1.82, 2.24) is 15.2 Å². The Morgan fingerprint density at radius 2 is 2.17 bits per heavy atom. The maximum atomic E-state index is 11.8. The van der Waals surface area contributed by atoms with Crippen LogP contribution in [0.5, 0.6) is 0 Å². The second kappa shape index (κ2) is 7.86. The van der Waals surface area contributed by atoms with Crippen molar-refractivity contribution < 1.29 is 9.53 Å². The summed E-state index contributed by atoms with van der Waals surface area (Å²) in [5.41, 5.74) is 1.10. The van der Waals surface area contributed by atoms with Gasteiger partial charge in [0.1, 0.15) is 0 Å². The average Bonchev–Trinajstić information content (AvgIpc) is 3.00. The molecule has 1 aromatic heterocycles. The molecule has 1 aliphatic heterocycles. The summed E-state index contributed by atoms with van der Waals surface area (Å²) in [6, 6.07) is 8.32. The molecule has 0 aliphatic carbocycles. The van der Waals surface area contributed by atoms with Crippen LogP contribution in [0, 0.1) is 0 Å². The van der Waals surface area contributed by atoms with Crippen molar-refractivity contribution in [3.05, 3.63) is 29.3 Å². The molecule has 1 aromatic carbocycles. The number of hydrogen-bond acceptors (Lipinski definition) is 5. The summed E-state index contributed by atoms with van der Waals surface area (Å²) >= 11 is 1.81. The van der Waals surface area contributed by atoms with Crippen molar-refractivity contribution in [3.63, 3.8) is 0 Å². The molecule has 0 spiro atoms. The van der Waals surface area contributed by atoms with Crippen LogP contribution in [0.15, 0.2) is 24.3 Å². The lowest BCUT2D eigenvalue weighted by atomic mass is 9.97. The number of fused-ring (bicyclic) bond motifs is 1. The summed E-state index contributed by atoms with van der Waals surface area (Å²) in [4.78, 5) is 18.8. The monoisotopic (exact) mass is 333 g/mol. The number of methoxy groups -OCH3 is 1. The lowest BCUT2D eigenvalue weighted by Gasteiger charge is -2.30. The van der Waals surface area contributed by atoms with Crippen LogP contribution in [0.1, 0.15) is 23.8 Å². The first-order chi connectivity index (χ1) is 11.3. The van der Waals surface area contributed by atoms with Gasteiger partial charge in [0.15, 0.2) is 0 Å². The molecule has 124 valence electrons. The Bertz CT molecular complexity index is 617. The summed E-state index contributed by atoms with van der Waals surface area (Å²) in [6.45, 7) is 3.54. The number of carbonyl (C=O) groups excluding carboxylic acids is 1. The van der Waals surface area contributed by atoms with E-state index >= 15 is 0 Å². The van der Waals surface area contributed by atoms with Crippen LogP contribution in [-0.4, -0.2) is 55.7 Å². The summed E-state index contributed by atoms with van der Waals surface area (Å²) in [6.07, 6.45) is 2.15. The van der Waals surface area contributed by atoms with Crippen molar-refractivity contribution >= 4 is 27.5 Å². The van der Waals surface area contributed by atoms with Crippen LogP contribution in [0.25, 0.3) is 10.2 Å². The van der Waals surface area contributed by atoms with Crippen molar-refractivity contribution in [2.24, 2.45) is 0 Å². The van der Waals surface area contributed by atoms with Crippen LogP contribution in [0.3, 0.4) is 0 Å². The molecule has 1 fully saturated rings. The third-order valence-corrected chi connectivity index (χ3v) is 5.44. The number of benzene rings is 1. The average molecular weight is 333 g/mol. The lowest BCUT2D eigenvalue weighted by molar-refractivity contribution is -0.122. The van der Waals surface area contributed by atoms with Crippen molar-refractivity contribution in [2.45, 2.75) is 18.8 Å². The van der Waals surface area contributed by atoms with E-state index in [2.05, 4.69) is 28.4 Å². The summed E-state index contributed by atoms with van der Waals surface area (Å²) in [5, 5.41) is 4.12. The zero-order valence-corrected chi connectivity index (χ0v) is 14.3. The van der Waals surface area contributed by atoms with E-state index in [1.807, 2.05) is 17.4 Å². The Balaban J connectivity index is 1.49. The molecule has 1 saturated heterocycles. The quantitative estimate of drug-likeness (QED) is 0.824. The van der Waals surface area contributed by atoms with Gasteiger partial charge in [0, 0.05) is 19.6 Å². The van der Waals surface area contributed by atoms with E-state index in [1.165, 1.54) is 9.71 Å². The van der Waals surface area contributed by atoms with Gasteiger partial charge in [-0.3, -0.25) is 9.69 Å². The first kappa shape index (κ1) is 16.4. The van der Waals surface area contributed by atoms with E-state index in [9.17, 15) is 4.79 Å². The molecule has 0 atom stereocenters. The fourth-order valence-corrected chi connectivity index (χ4v) is 4.09. The second-order valence-electron chi connectivity index (χ2n) is 5.91. The zero-order chi connectivity index (χ0) is 16.1. The number of rotatable bonds is 6. The van der Waals surface area contributed by atoms with Gasteiger partial charge >= 0.3 is 0 Å². The highest BCUT2D eigenvalue weighted by atomic mass is 32.1. The Kier molecular flexibility index (Phi) is 5.59. The van der Waals surface area contributed by atoms with E-state index < -0.39 is 0 Å². The largest absolute Gasteiger partial charge is 0.383 e. The highest BCUT2D eigenvalue weighted by Crippen LogP contribution is 2.33. The number of likely N-dealkylation sites (tertiary alicyclic amines) is 1. The molecular formula is C17H23N3O2S. The topological polar surface area (TPSA) is 54.5 Å². The molecule has 5 nitrogen and oxygen atoms in total. The Morgan fingerprint density at radius 1 is 1.39 bits per heavy atom. The summed E-state index contributed by atoms with van der Waals surface area (Å²) in [7, 11) is 1.64. The van der Waals surface area contributed by atoms with E-state index in [1.54, 1.807) is 7.11 Å². The van der Waals surface area contributed by atoms with Crippen LogP contribution < -0.4 is 5.32 Å². The fraction of sp³-hybridized carbons (Fsp3) is 0.529. The molecular weight excluding hydrogens is 310 g/mol. The number of para-hydroxylation sites is 1. The fourth-order valence-electron chi connectivity index (χ4n) is 2.95. The third kappa shape index (κ3) is 4.28. The molecule has 3 rings (SSSR count). The van der Waals surface area contributed by atoms with Gasteiger partial charge in [0.25, 0.3) is 0 Å². The number of thiazole rings is 1. The molecule has 2 aromatic rings. The number of carbonyl (C=O) groups is 1. The van der Waals surface area contributed by atoms with Crippen LogP contribution in [0.2, 0.25) is 0 Å². The van der Waals surface area contributed by atoms with Crippen LogP contribution >= 0.6 is 11.3 Å². The smallest absolute Gasteiger partial charge is 0.234 e. The van der Waals surface area contributed by atoms with Gasteiger partial charge in [-0.25, -0.2) is 4.98 Å². The van der Waals surface area contributed by atoms with Gasteiger partial charge in [0.2, 0.25) is 5.91 Å². The standard InChI is InChI=1S/C17H23N3O2S/c1-22-11-8-18-16(21)12-20-9-6-13(7-10-20)17-19-14-4-2-3-5-15(14)23-17/h2-5,13H,6-12H2,1H3,(H,18,21). The Labute approximate surface area is 140 Å². The number of piperidine rings is 1. The predicted molar refractivity (Wildman–Crippen MR) is 92.9 cm³/mol. The van der Waals surface area contributed by atoms with E-state index in [0.29, 0.717) is 25.6 Å². The molecule has 0 bridgehead atoms. The number of aromatic nitrogens is 1. The molecule has 1 amide bonds. The molecule has 6 heteroatoms. The van der Waals surface area contributed by atoms with Crippen molar-refractivity contribution in [3.8, 4) is 0 Å². The summed E-state index contributed by atoms with van der Waals surface area (Å²) < 4.78 is 6.20. The molecule has 0 saturated carbocycles. The Morgan fingerprint density at radius 3 is 2.91 bits per heavy atom. The van der Waals surface area contributed by atoms with Gasteiger partial charge in [-0.1, -0.05) is 12.1 Å². The number of ether oxygens (including phenoxy) is 1. The summed E-state index contributed by atoms with van der Waals surface area (Å²) in [5.74, 6) is 0.612. The molecule has 0 radical (unpaired) electrons. The van der Waals surface area contributed by atoms with Crippen LogP contribution in [0.4, 0.5) is 0 Å². The predicted octanol–water partition coefficient (Wildman–Crippen LogP) is 2.24. The Hall–Kier alpha value is -1.50. The highest BCUT2D eigenvalue weighted by Gasteiger charge is 2.24. The lowest BCUT2D eigenvalue weighted by Crippen LogP contribution is -2.41. The number of nitrogens with one attached hydrogen (secondary N) is 1. The second-order valence-corrected chi connectivity index (χ2v) is 6.98. The number of hydrogen-bond donors (Lipinski definition) is 1. The molecule has 23 heavy (non-hydrogen) atoms. The minimum atomic E-state index is 0.0838. The molecule has 0 unspecified atom stereocenters. The third-order valence-electron chi connectivity index (χ3n) is 4.24. The number of amides is 1. The van der Waals surface area contributed by atoms with Crippen molar-refractivity contribution in [2.75, 3.05) is 39.9 Å². The minimum Gasteiger partial charge on any atom is -0.383 e. The maximum absolute atomic E-state index is 11.8. The minimum absolute atomic E-state index is 0.0838. The van der Waals surface area contributed by atoms with Gasteiger partial charge in [0.05, 0.1) is 28.4 Å². The van der Waals surface area contributed by atoms with Gasteiger partial charge in [-0.2, -0.15) is 0 Å². The van der Waals surface area contributed by atoms with Crippen LogP contribution in [-0.2, 0) is 9.53 Å². The normalized spacial score (nSPS) is 16.7. The van der Waals surface area contributed by atoms with E-state index in [0.717, 1.165) is 31.4 Å².